The van der Waals surface area contributed by atoms with Crippen LogP contribution in [0.5, 0.6) is 0 Å². The minimum atomic E-state index is -4.66. The van der Waals surface area contributed by atoms with Gasteiger partial charge >= 0.3 is 12.1 Å². The van der Waals surface area contributed by atoms with E-state index in [1.807, 2.05) is 5.10 Å². The maximum Gasteiger partial charge on any atom is 0.432 e. The number of aliphatic carboxylic acids is 1. The van der Waals surface area contributed by atoms with Crippen LogP contribution in [-0.2, 0) is 17.4 Å². The highest BCUT2D eigenvalue weighted by atomic mass is 19.4. The number of rotatable bonds is 5. The van der Waals surface area contributed by atoms with Gasteiger partial charge in [0.2, 0.25) is 5.96 Å². The number of aromatic nitrogens is 2. The summed E-state index contributed by atoms with van der Waals surface area (Å²) in [6.45, 7) is 0. The van der Waals surface area contributed by atoms with Gasteiger partial charge in [0.25, 0.3) is 5.91 Å². The predicted octanol–water partition coefficient (Wildman–Crippen LogP) is 3.72. The summed E-state index contributed by atoms with van der Waals surface area (Å²) in [4.78, 5) is 27.2. The van der Waals surface area contributed by atoms with E-state index in [1.165, 1.54) is 36.4 Å². The van der Waals surface area contributed by atoms with Crippen LogP contribution in [0.3, 0.4) is 0 Å². The number of carboxylic acids is 1. The van der Waals surface area contributed by atoms with Crippen LogP contribution in [0, 0.1) is 5.82 Å². The van der Waals surface area contributed by atoms with Crippen molar-refractivity contribution >= 4 is 29.3 Å². The molecule has 0 saturated heterocycles. The third kappa shape index (κ3) is 6.14. The monoisotopic (exact) mass is 449 g/mol. The second kappa shape index (κ2) is 9.29. The number of benzene rings is 2. The number of guanidine groups is 1. The molecule has 0 saturated carbocycles. The van der Waals surface area contributed by atoms with Crippen molar-refractivity contribution in [2.45, 2.75) is 12.6 Å². The van der Waals surface area contributed by atoms with E-state index >= 15 is 0 Å². The largest absolute Gasteiger partial charge is 0.481 e. The summed E-state index contributed by atoms with van der Waals surface area (Å²) in [5.41, 5.74) is -0.169. The second-order valence-corrected chi connectivity index (χ2v) is 6.45. The Morgan fingerprint density at radius 1 is 1.06 bits per heavy atom. The summed E-state index contributed by atoms with van der Waals surface area (Å²) in [6, 6.07) is 11.3. The highest BCUT2D eigenvalue weighted by molar-refractivity contribution is 6.10. The molecule has 4 N–H and O–H groups in total. The van der Waals surface area contributed by atoms with E-state index in [1.54, 1.807) is 0 Å². The lowest BCUT2D eigenvalue weighted by atomic mass is 10.1. The van der Waals surface area contributed by atoms with Gasteiger partial charge in [-0.1, -0.05) is 12.1 Å². The maximum absolute atomic E-state index is 13.1. The second-order valence-electron chi connectivity index (χ2n) is 6.45. The van der Waals surface area contributed by atoms with Gasteiger partial charge in [-0.3, -0.25) is 20.0 Å². The van der Waals surface area contributed by atoms with E-state index < -0.39 is 29.6 Å². The summed E-state index contributed by atoms with van der Waals surface area (Å²) in [6.07, 6.45) is -4.86. The van der Waals surface area contributed by atoms with Crippen LogP contribution in [0.1, 0.15) is 21.6 Å². The number of alkyl halides is 3. The van der Waals surface area contributed by atoms with Gasteiger partial charge in [-0.15, -0.1) is 0 Å². The van der Waals surface area contributed by atoms with Crippen molar-refractivity contribution in [2.24, 2.45) is 4.99 Å². The lowest BCUT2D eigenvalue weighted by Gasteiger charge is -2.12. The molecule has 0 unspecified atom stereocenters. The third-order valence-electron chi connectivity index (χ3n) is 4.01. The van der Waals surface area contributed by atoms with Crippen LogP contribution in [-0.4, -0.2) is 33.1 Å². The number of amides is 1. The third-order valence-corrected chi connectivity index (χ3v) is 4.01. The predicted molar refractivity (Wildman–Crippen MR) is 106 cm³/mol. The molecule has 0 aliphatic rings. The minimum Gasteiger partial charge on any atom is -0.481 e. The van der Waals surface area contributed by atoms with Crippen LogP contribution >= 0.6 is 0 Å². The number of hydrogen-bond donors (Lipinski definition) is 4. The van der Waals surface area contributed by atoms with Crippen LogP contribution in [0.15, 0.2) is 59.6 Å². The van der Waals surface area contributed by atoms with Gasteiger partial charge in [-0.2, -0.15) is 23.3 Å². The van der Waals surface area contributed by atoms with Gasteiger partial charge in [0, 0.05) is 17.3 Å². The van der Waals surface area contributed by atoms with Gasteiger partial charge in [0.15, 0.2) is 5.82 Å². The molecule has 0 aliphatic carbocycles. The fourth-order valence-corrected chi connectivity index (χ4v) is 2.51. The number of nitrogens with one attached hydrogen (secondary N) is 3. The van der Waals surface area contributed by atoms with Crippen molar-refractivity contribution in [1.29, 1.82) is 0 Å². The van der Waals surface area contributed by atoms with Gasteiger partial charge in [-0.25, -0.2) is 4.39 Å². The van der Waals surface area contributed by atoms with Gasteiger partial charge in [-0.05, 0) is 42.0 Å². The summed E-state index contributed by atoms with van der Waals surface area (Å²) in [7, 11) is 0. The molecule has 0 bridgehead atoms. The topological polar surface area (TPSA) is 119 Å². The molecule has 3 aromatic rings. The first kappa shape index (κ1) is 22.5. The Balaban J connectivity index is 1.86. The Labute approximate surface area is 178 Å². The summed E-state index contributed by atoms with van der Waals surface area (Å²) in [5.74, 6) is -2.89. The number of halogens is 4. The molecular weight excluding hydrogens is 434 g/mol. The van der Waals surface area contributed by atoms with Crippen LogP contribution in [0.4, 0.5) is 29.1 Å². The maximum atomic E-state index is 13.1. The number of carbonyl (C=O) groups is 2. The minimum absolute atomic E-state index is 0.0794. The Morgan fingerprint density at radius 2 is 1.72 bits per heavy atom. The summed E-state index contributed by atoms with van der Waals surface area (Å²) in [5, 5.41) is 19.2. The zero-order valence-electron chi connectivity index (χ0n) is 16.1. The van der Waals surface area contributed by atoms with Crippen molar-refractivity contribution in [3.8, 4) is 0 Å². The van der Waals surface area contributed by atoms with Crippen molar-refractivity contribution in [3.63, 3.8) is 0 Å². The van der Waals surface area contributed by atoms with Gasteiger partial charge in [0.1, 0.15) is 11.5 Å². The highest BCUT2D eigenvalue weighted by Crippen LogP contribution is 2.29. The molecular formula is C20H15F4N5O3. The molecule has 2 aromatic carbocycles. The normalized spacial score (nSPS) is 11.8. The molecule has 1 heterocycles. The molecule has 32 heavy (non-hydrogen) atoms. The van der Waals surface area contributed by atoms with E-state index in [-0.39, 0.29) is 23.8 Å². The van der Waals surface area contributed by atoms with Crippen molar-refractivity contribution in [1.82, 2.24) is 15.5 Å². The quantitative estimate of drug-likeness (QED) is 0.269. The molecule has 8 nitrogen and oxygen atoms in total. The van der Waals surface area contributed by atoms with Crippen molar-refractivity contribution < 1.29 is 32.3 Å². The molecule has 3 rings (SSSR count). The number of hydrogen-bond acceptors (Lipinski definition) is 4. The Morgan fingerprint density at radius 3 is 2.28 bits per heavy atom. The van der Waals surface area contributed by atoms with Gasteiger partial charge in [0.05, 0.1) is 6.42 Å². The van der Waals surface area contributed by atoms with E-state index in [4.69, 9.17) is 5.11 Å². The molecule has 1 amide bonds. The van der Waals surface area contributed by atoms with E-state index in [0.717, 1.165) is 12.1 Å². The summed E-state index contributed by atoms with van der Waals surface area (Å²) < 4.78 is 51.5. The first-order valence-electron chi connectivity index (χ1n) is 8.96. The number of aliphatic imine (C=N–C) groups is 1. The lowest BCUT2D eigenvalue weighted by Crippen LogP contribution is -2.35. The van der Waals surface area contributed by atoms with Gasteiger partial charge < -0.3 is 10.4 Å². The fraction of sp³-hybridized carbons (Fsp3) is 0.100. The molecule has 12 heteroatoms. The SMILES string of the molecule is O=C(O)Cc1ccc(NC(=Nc2cc(C(F)(F)F)[nH]n2)NC(=O)c2ccc(F)cc2)cc1. The number of H-pyrrole nitrogens is 1. The molecule has 0 fully saturated rings. The first-order valence-corrected chi connectivity index (χ1v) is 8.96. The Kier molecular flexibility index (Phi) is 6.52. The average Bonchev–Trinajstić information content (AvgIpc) is 3.18. The van der Waals surface area contributed by atoms with Crippen molar-refractivity contribution in [2.75, 3.05) is 5.32 Å². The zero-order valence-corrected chi connectivity index (χ0v) is 16.1. The smallest absolute Gasteiger partial charge is 0.432 e. The van der Waals surface area contributed by atoms with E-state index in [9.17, 15) is 27.2 Å². The Bertz CT molecular complexity index is 1140. The number of carboxylic acid groups (broad SMARTS) is 1. The first-order chi connectivity index (χ1) is 15.1. The number of nitrogens with zero attached hydrogens (tertiary/aromatic N) is 2. The fourth-order valence-electron chi connectivity index (χ4n) is 2.51. The van der Waals surface area contributed by atoms with E-state index in [0.29, 0.717) is 17.3 Å². The number of carbonyl (C=O) groups excluding carboxylic acids is 1. The molecule has 0 spiro atoms. The molecule has 0 aliphatic heterocycles. The van der Waals surface area contributed by atoms with E-state index in [2.05, 4.69) is 20.7 Å². The molecule has 166 valence electrons. The van der Waals surface area contributed by atoms with Crippen LogP contribution in [0.25, 0.3) is 0 Å². The summed E-state index contributed by atoms with van der Waals surface area (Å²) >= 11 is 0. The number of anilines is 1. The molecule has 1 aromatic heterocycles. The zero-order chi connectivity index (χ0) is 23.3. The molecule has 0 radical (unpaired) electrons. The average molecular weight is 449 g/mol. The standard InChI is InChI=1S/C20H15F4N5O3/c21-13-5-3-12(4-6-13)18(32)27-19(26-16-10-15(28-29-16)20(22,23)24)25-14-7-1-11(2-8-14)9-17(30)31/h1-8,10H,9H2,(H,30,31)(H3,25,26,27,28,29,32). The molecule has 0 atom stereocenters. The highest BCUT2D eigenvalue weighted by Gasteiger charge is 2.33. The number of aromatic amines is 1. The lowest BCUT2D eigenvalue weighted by molar-refractivity contribution is -0.141. The van der Waals surface area contributed by atoms with Crippen LogP contribution in [0.2, 0.25) is 0 Å². The van der Waals surface area contributed by atoms with Crippen LogP contribution < -0.4 is 10.6 Å². The van der Waals surface area contributed by atoms with Crippen molar-refractivity contribution in [3.05, 3.63) is 77.2 Å². The Hall–Kier alpha value is -4.22.